The van der Waals surface area contributed by atoms with Crippen molar-refractivity contribution in [2.45, 2.75) is 45.6 Å². The maximum Gasteiger partial charge on any atom is 0.343 e. The van der Waals surface area contributed by atoms with Crippen LogP contribution in [0.2, 0.25) is 0 Å². The van der Waals surface area contributed by atoms with Crippen LogP contribution >= 0.6 is 0 Å². The summed E-state index contributed by atoms with van der Waals surface area (Å²) >= 11 is 0. The molecule has 2 saturated carbocycles. The van der Waals surface area contributed by atoms with Crippen LogP contribution in [0.4, 0.5) is 5.69 Å². The van der Waals surface area contributed by atoms with Crippen molar-refractivity contribution >= 4 is 17.7 Å². The van der Waals surface area contributed by atoms with Gasteiger partial charge < -0.3 is 19.8 Å². The quantitative estimate of drug-likeness (QED) is 0.481. The molecule has 1 aromatic carbocycles. The average Bonchev–Trinajstić information content (AvgIpc) is 3.15. The summed E-state index contributed by atoms with van der Waals surface area (Å²) in [6.07, 6.45) is 10.4. The molecule has 2 aliphatic carbocycles. The summed E-state index contributed by atoms with van der Waals surface area (Å²) in [6.45, 7) is 8.58. The van der Waals surface area contributed by atoms with Crippen LogP contribution in [-0.2, 0) is 9.53 Å². The van der Waals surface area contributed by atoms with Crippen molar-refractivity contribution in [2.75, 3.05) is 25.6 Å². The maximum atomic E-state index is 12.5. The number of fused-ring (bicyclic) bond motifs is 1. The van der Waals surface area contributed by atoms with Crippen LogP contribution in [-0.4, -0.2) is 43.0 Å². The summed E-state index contributed by atoms with van der Waals surface area (Å²) < 4.78 is 5.50. The summed E-state index contributed by atoms with van der Waals surface area (Å²) in [5.41, 5.74) is 3.10. The first-order valence-electron chi connectivity index (χ1n) is 12.2. The van der Waals surface area contributed by atoms with Gasteiger partial charge in [-0.1, -0.05) is 50.3 Å². The molecule has 3 aliphatic rings. The minimum Gasteiger partial charge on any atom is -0.423 e. The molecule has 182 valence electrons. The van der Waals surface area contributed by atoms with Gasteiger partial charge in [0.25, 0.3) is 0 Å². The molecule has 0 radical (unpaired) electrons. The SMILES string of the molecule is C=C1CCC2[C@](C)(CC[C@@H](O)[C@@]2(C)CO)C1/C=C/C1=CC(=C\c2ccc(N(C)C)cc2)/OC1=O. The van der Waals surface area contributed by atoms with E-state index in [1.54, 1.807) is 6.08 Å². The zero-order valence-electron chi connectivity index (χ0n) is 20.8. The Kier molecular flexibility index (Phi) is 6.63. The summed E-state index contributed by atoms with van der Waals surface area (Å²) in [4.78, 5) is 14.6. The van der Waals surface area contributed by atoms with Gasteiger partial charge in [0.15, 0.2) is 0 Å². The van der Waals surface area contributed by atoms with Gasteiger partial charge in [-0.2, -0.15) is 0 Å². The number of rotatable bonds is 5. The van der Waals surface area contributed by atoms with Gasteiger partial charge in [0, 0.05) is 31.1 Å². The van der Waals surface area contributed by atoms with E-state index in [-0.39, 0.29) is 29.8 Å². The maximum absolute atomic E-state index is 12.5. The van der Waals surface area contributed by atoms with Crippen molar-refractivity contribution in [3.05, 3.63) is 71.5 Å². The van der Waals surface area contributed by atoms with Crippen LogP contribution in [0.1, 0.15) is 45.1 Å². The molecule has 2 fully saturated rings. The number of nitrogens with zero attached hydrogens (tertiary/aromatic N) is 1. The summed E-state index contributed by atoms with van der Waals surface area (Å²) in [5, 5.41) is 20.9. The number of hydrogen-bond acceptors (Lipinski definition) is 5. The molecule has 34 heavy (non-hydrogen) atoms. The van der Waals surface area contributed by atoms with E-state index in [4.69, 9.17) is 4.74 Å². The van der Waals surface area contributed by atoms with Crippen LogP contribution in [0.3, 0.4) is 0 Å². The van der Waals surface area contributed by atoms with Gasteiger partial charge in [-0.15, -0.1) is 0 Å². The highest BCUT2D eigenvalue weighted by atomic mass is 16.5. The summed E-state index contributed by atoms with van der Waals surface area (Å²) in [7, 11) is 3.99. The average molecular weight is 464 g/mol. The molecule has 0 saturated heterocycles. The van der Waals surface area contributed by atoms with Gasteiger partial charge >= 0.3 is 5.97 Å². The molecule has 5 atom stereocenters. The zero-order valence-corrected chi connectivity index (χ0v) is 20.8. The first kappa shape index (κ1) is 24.5. The normalized spacial score (nSPS) is 34.8. The van der Waals surface area contributed by atoms with Crippen molar-refractivity contribution in [3.63, 3.8) is 0 Å². The third-order valence-electron chi connectivity index (χ3n) is 8.49. The Morgan fingerprint density at radius 1 is 1.21 bits per heavy atom. The molecule has 2 N–H and O–H groups in total. The lowest BCUT2D eigenvalue weighted by atomic mass is 9.46. The Balaban J connectivity index is 1.57. The lowest BCUT2D eigenvalue weighted by Crippen LogP contribution is -2.57. The van der Waals surface area contributed by atoms with Gasteiger partial charge in [0.1, 0.15) is 5.76 Å². The van der Waals surface area contributed by atoms with Crippen LogP contribution < -0.4 is 4.90 Å². The predicted molar refractivity (Wildman–Crippen MR) is 136 cm³/mol. The number of cyclic esters (lactones) is 1. The lowest BCUT2D eigenvalue weighted by molar-refractivity contribution is -0.145. The molecule has 5 nitrogen and oxygen atoms in total. The van der Waals surface area contributed by atoms with E-state index in [0.717, 1.165) is 36.1 Å². The molecule has 1 aliphatic heterocycles. The van der Waals surface area contributed by atoms with Crippen molar-refractivity contribution in [3.8, 4) is 0 Å². The van der Waals surface area contributed by atoms with Gasteiger partial charge in [-0.3, -0.25) is 0 Å². The Morgan fingerprint density at radius 3 is 2.56 bits per heavy atom. The van der Waals surface area contributed by atoms with E-state index in [1.165, 1.54) is 0 Å². The highest BCUT2D eigenvalue weighted by molar-refractivity contribution is 5.96. The van der Waals surface area contributed by atoms with Crippen molar-refractivity contribution < 1.29 is 19.7 Å². The minimum atomic E-state index is -0.524. The van der Waals surface area contributed by atoms with E-state index in [0.29, 0.717) is 17.8 Å². The molecule has 1 aromatic rings. The highest BCUT2D eigenvalue weighted by Crippen LogP contribution is 2.61. The molecule has 0 spiro atoms. The lowest BCUT2D eigenvalue weighted by Gasteiger charge is -2.59. The Morgan fingerprint density at radius 2 is 1.91 bits per heavy atom. The molecular weight excluding hydrogens is 426 g/mol. The van der Waals surface area contributed by atoms with Crippen LogP contribution in [0.5, 0.6) is 0 Å². The number of aliphatic hydroxyl groups excluding tert-OH is 2. The molecular formula is C29H37NO4. The van der Waals surface area contributed by atoms with Crippen LogP contribution in [0, 0.1) is 22.7 Å². The molecule has 2 unspecified atom stereocenters. The smallest absolute Gasteiger partial charge is 0.343 e. The van der Waals surface area contributed by atoms with Gasteiger partial charge in [-0.25, -0.2) is 4.79 Å². The largest absolute Gasteiger partial charge is 0.423 e. The topological polar surface area (TPSA) is 70.0 Å². The van der Waals surface area contributed by atoms with E-state index in [1.807, 2.05) is 62.3 Å². The second kappa shape index (κ2) is 9.20. The number of carbonyl (C=O) groups is 1. The zero-order chi connectivity index (χ0) is 24.7. The number of aliphatic hydroxyl groups is 2. The Bertz CT molecular complexity index is 1050. The van der Waals surface area contributed by atoms with Crippen LogP contribution in [0.25, 0.3) is 6.08 Å². The van der Waals surface area contributed by atoms with Crippen molar-refractivity contribution in [1.82, 2.24) is 0 Å². The first-order valence-corrected chi connectivity index (χ1v) is 12.2. The Labute approximate surface area is 203 Å². The fourth-order valence-corrected chi connectivity index (χ4v) is 6.32. The molecule has 4 rings (SSSR count). The number of hydrogen-bond donors (Lipinski definition) is 2. The number of anilines is 1. The molecule has 0 bridgehead atoms. The fraction of sp³-hybridized carbons (Fsp3) is 0.483. The van der Waals surface area contributed by atoms with E-state index < -0.39 is 11.5 Å². The standard InChI is InChI=1S/C29H37NO4/c1-19-6-13-25-28(2,15-14-26(32)29(25,3)18-31)24(19)12-9-21-17-23(34-27(21)33)16-20-7-10-22(11-8-20)30(4)5/h7-12,16-17,24-26,31-32H,1,6,13-15,18H2,2-5H3/b12-9+,23-16+/t24?,25?,26-,28-,29+/m1/s1. The highest BCUT2D eigenvalue weighted by Gasteiger charge is 2.57. The molecule has 0 amide bonds. The second-order valence-corrected chi connectivity index (χ2v) is 10.8. The van der Waals surface area contributed by atoms with Crippen molar-refractivity contribution in [2.24, 2.45) is 22.7 Å². The number of benzene rings is 1. The van der Waals surface area contributed by atoms with Crippen LogP contribution in [0.15, 0.2) is 66.0 Å². The monoisotopic (exact) mass is 463 g/mol. The van der Waals surface area contributed by atoms with E-state index in [9.17, 15) is 15.0 Å². The second-order valence-electron chi connectivity index (χ2n) is 10.8. The molecule has 1 heterocycles. The van der Waals surface area contributed by atoms with Crippen molar-refractivity contribution in [1.29, 1.82) is 0 Å². The van der Waals surface area contributed by atoms with Gasteiger partial charge in [0.2, 0.25) is 0 Å². The number of allylic oxidation sites excluding steroid dienone is 3. The minimum absolute atomic E-state index is 0.0293. The van der Waals surface area contributed by atoms with Gasteiger partial charge in [0.05, 0.1) is 18.3 Å². The number of esters is 1. The first-order chi connectivity index (χ1) is 16.1. The molecule has 5 heteroatoms. The number of ether oxygens (including phenoxy) is 1. The van der Waals surface area contributed by atoms with E-state index >= 15 is 0 Å². The third-order valence-corrected chi connectivity index (χ3v) is 8.49. The Hall–Kier alpha value is -2.63. The van der Waals surface area contributed by atoms with Gasteiger partial charge in [-0.05, 0) is 66.9 Å². The summed E-state index contributed by atoms with van der Waals surface area (Å²) in [5.74, 6) is 0.432. The van der Waals surface area contributed by atoms with E-state index in [2.05, 4.69) is 19.6 Å². The fourth-order valence-electron chi connectivity index (χ4n) is 6.32. The summed E-state index contributed by atoms with van der Waals surface area (Å²) in [6, 6.07) is 8.06. The molecule has 0 aromatic heterocycles. The predicted octanol–water partition coefficient (Wildman–Crippen LogP) is 4.87. The number of carbonyl (C=O) groups excluding carboxylic acids is 1. The third kappa shape index (κ3) is 4.27.